The van der Waals surface area contributed by atoms with E-state index in [-0.39, 0.29) is 12.6 Å². The second-order valence-corrected chi connectivity index (χ2v) is 5.93. The monoisotopic (exact) mass is 283 g/mol. The Morgan fingerprint density at radius 3 is 2.55 bits per heavy atom. The van der Waals surface area contributed by atoms with Crippen LogP contribution in [0.1, 0.15) is 32.6 Å². The van der Waals surface area contributed by atoms with Crippen LogP contribution in [0.15, 0.2) is 0 Å². The lowest BCUT2D eigenvalue weighted by Gasteiger charge is -2.39. The molecule has 0 aliphatic carbocycles. The summed E-state index contributed by atoms with van der Waals surface area (Å²) in [4.78, 5) is 38.2. The van der Waals surface area contributed by atoms with Crippen LogP contribution >= 0.6 is 0 Å². The van der Waals surface area contributed by atoms with E-state index in [0.29, 0.717) is 32.4 Å². The second kappa shape index (κ2) is 5.30. The molecule has 20 heavy (non-hydrogen) atoms. The highest BCUT2D eigenvalue weighted by Crippen LogP contribution is 2.31. The van der Waals surface area contributed by atoms with Gasteiger partial charge in [0.05, 0.1) is 5.41 Å². The molecule has 2 unspecified atom stereocenters. The second-order valence-electron chi connectivity index (χ2n) is 5.93. The smallest absolute Gasteiger partial charge is 0.320 e. The molecule has 0 saturated carbocycles. The number of urea groups is 1. The van der Waals surface area contributed by atoms with Crippen LogP contribution in [0, 0.1) is 5.41 Å². The molecule has 3 amide bonds. The van der Waals surface area contributed by atoms with Gasteiger partial charge in [0.25, 0.3) is 0 Å². The standard InChI is InChI=1S/C13H21N3O4/c1-13(11(18)19)5-3-6-15(8-13)12(20)16-7-2-4-9(16)10(14)17/h9H,2-8H2,1H3,(H2,14,17)(H,18,19). The average Bonchev–Trinajstić information content (AvgIpc) is 2.87. The van der Waals surface area contributed by atoms with Crippen LogP contribution in [0.3, 0.4) is 0 Å². The van der Waals surface area contributed by atoms with Gasteiger partial charge in [0.15, 0.2) is 0 Å². The van der Waals surface area contributed by atoms with E-state index in [9.17, 15) is 19.5 Å². The normalized spacial score (nSPS) is 30.4. The molecule has 112 valence electrons. The Kier molecular flexibility index (Phi) is 3.87. The van der Waals surface area contributed by atoms with Gasteiger partial charge in [-0.25, -0.2) is 4.79 Å². The summed E-state index contributed by atoms with van der Waals surface area (Å²) in [5.74, 6) is -1.38. The predicted octanol–water partition coefficient (Wildman–Crippen LogP) is 0.243. The van der Waals surface area contributed by atoms with Gasteiger partial charge in [-0.05, 0) is 32.6 Å². The first-order valence-electron chi connectivity index (χ1n) is 6.93. The number of primary amides is 1. The first-order chi connectivity index (χ1) is 9.35. The summed E-state index contributed by atoms with van der Waals surface area (Å²) in [6, 6.07) is -0.820. The molecule has 0 spiro atoms. The Morgan fingerprint density at radius 1 is 1.25 bits per heavy atom. The van der Waals surface area contributed by atoms with Gasteiger partial charge in [-0.3, -0.25) is 9.59 Å². The Hall–Kier alpha value is -1.79. The molecule has 2 rings (SSSR count). The van der Waals surface area contributed by atoms with Gasteiger partial charge in [0.1, 0.15) is 6.04 Å². The number of amides is 3. The summed E-state index contributed by atoms with van der Waals surface area (Å²) in [7, 11) is 0. The summed E-state index contributed by atoms with van der Waals surface area (Å²) >= 11 is 0. The van der Waals surface area contributed by atoms with Crippen LogP contribution in [0.25, 0.3) is 0 Å². The maximum Gasteiger partial charge on any atom is 0.320 e. The molecule has 7 heteroatoms. The van der Waals surface area contributed by atoms with Gasteiger partial charge in [-0.1, -0.05) is 0 Å². The fourth-order valence-electron chi connectivity index (χ4n) is 3.05. The van der Waals surface area contributed by atoms with E-state index in [0.717, 1.165) is 6.42 Å². The Morgan fingerprint density at radius 2 is 1.95 bits per heavy atom. The third kappa shape index (κ3) is 2.57. The molecule has 2 atom stereocenters. The molecule has 2 saturated heterocycles. The maximum atomic E-state index is 12.5. The number of carboxylic acid groups (broad SMARTS) is 1. The summed E-state index contributed by atoms with van der Waals surface area (Å²) in [6.45, 7) is 2.88. The molecular weight excluding hydrogens is 262 g/mol. The molecule has 3 N–H and O–H groups in total. The molecule has 0 aromatic rings. The number of carboxylic acids is 1. The minimum atomic E-state index is -0.907. The van der Waals surface area contributed by atoms with E-state index in [1.54, 1.807) is 11.8 Å². The van der Waals surface area contributed by atoms with E-state index in [2.05, 4.69) is 0 Å². The number of carbonyl (C=O) groups excluding carboxylic acids is 2. The molecule has 2 aliphatic heterocycles. The van der Waals surface area contributed by atoms with Crippen LogP contribution in [-0.4, -0.2) is 58.5 Å². The Bertz CT molecular complexity index is 439. The van der Waals surface area contributed by atoms with Crippen LogP contribution in [0.4, 0.5) is 4.79 Å². The van der Waals surface area contributed by atoms with Crippen LogP contribution < -0.4 is 5.73 Å². The lowest BCUT2D eigenvalue weighted by atomic mass is 9.82. The quantitative estimate of drug-likeness (QED) is 0.757. The van der Waals surface area contributed by atoms with Crippen molar-refractivity contribution in [1.82, 2.24) is 9.80 Å². The first-order valence-corrected chi connectivity index (χ1v) is 6.93. The van der Waals surface area contributed by atoms with Gasteiger partial charge in [-0.2, -0.15) is 0 Å². The zero-order valence-electron chi connectivity index (χ0n) is 11.7. The minimum Gasteiger partial charge on any atom is -0.481 e. The van der Waals surface area contributed by atoms with E-state index in [4.69, 9.17) is 5.73 Å². The molecule has 7 nitrogen and oxygen atoms in total. The number of nitrogens with zero attached hydrogens (tertiary/aromatic N) is 2. The SMILES string of the molecule is CC1(C(=O)O)CCCN(C(=O)N2CCCC2C(N)=O)C1. The van der Waals surface area contributed by atoms with Crippen LogP contribution in [-0.2, 0) is 9.59 Å². The number of carbonyl (C=O) groups is 3. The highest BCUT2D eigenvalue weighted by Gasteiger charge is 2.42. The number of nitrogens with two attached hydrogens (primary N) is 1. The van der Waals surface area contributed by atoms with E-state index in [1.165, 1.54) is 4.90 Å². The molecule has 0 aromatic heterocycles. The lowest BCUT2D eigenvalue weighted by Crippen LogP contribution is -2.55. The van der Waals surface area contributed by atoms with Crippen molar-refractivity contribution in [3.05, 3.63) is 0 Å². The summed E-state index contributed by atoms with van der Waals surface area (Å²) in [6.07, 6.45) is 2.56. The molecule has 2 heterocycles. The van der Waals surface area contributed by atoms with Crippen molar-refractivity contribution < 1.29 is 19.5 Å². The number of hydrogen-bond acceptors (Lipinski definition) is 3. The fraction of sp³-hybridized carbons (Fsp3) is 0.769. The fourth-order valence-corrected chi connectivity index (χ4v) is 3.05. The summed E-state index contributed by atoms with van der Waals surface area (Å²) in [5, 5.41) is 9.28. The van der Waals surface area contributed by atoms with Crippen LogP contribution in [0.5, 0.6) is 0 Å². The minimum absolute atomic E-state index is 0.184. The molecular formula is C13H21N3O4. The Labute approximate surface area is 117 Å². The first kappa shape index (κ1) is 14.6. The van der Waals surface area contributed by atoms with E-state index in [1.807, 2.05) is 0 Å². The number of rotatable bonds is 2. The summed E-state index contributed by atoms with van der Waals surface area (Å²) < 4.78 is 0. The largest absolute Gasteiger partial charge is 0.481 e. The molecule has 2 aliphatic rings. The number of likely N-dealkylation sites (tertiary alicyclic amines) is 2. The molecule has 2 fully saturated rings. The van der Waals surface area contributed by atoms with Crippen molar-refractivity contribution in [2.75, 3.05) is 19.6 Å². The van der Waals surface area contributed by atoms with Crippen molar-refractivity contribution in [2.45, 2.75) is 38.6 Å². The molecule has 0 radical (unpaired) electrons. The zero-order valence-corrected chi connectivity index (χ0v) is 11.7. The Balaban J connectivity index is 2.09. The maximum absolute atomic E-state index is 12.5. The summed E-state index contributed by atoms with van der Waals surface area (Å²) in [5.41, 5.74) is 4.40. The van der Waals surface area contributed by atoms with E-state index < -0.39 is 23.3 Å². The van der Waals surface area contributed by atoms with Gasteiger partial charge < -0.3 is 20.6 Å². The van der Waals surface area contributed by atoms with Gasteiger partial charge >= 0.3 is 12.0 Å². The molecule has 0 aromatic carbocycles. The van der Waals surface area contributed by atoms with Gasteiger partial charge in [0, 0.05) is 19.6 Å². The van der Waals surface area contributed by atoms with E-state index >= 15 is 0 Å². The highest BCUT2D eigenvalue weighted by molar-refractivity contribution is 5.87. The van der Waals surface area contributed by atoms with Crippen molar-refractivity contribution in [3.63, 3.8) is 0 Å². The van der Waals surface area contributed by atoms with Crippen molar-refractivity contribution >= 4 is 17.9 Å². The lowest BCUT2D eigenvalue weighted by molar-refractivity contribution is -0.150. The number of aliphatic carboxylic acids is 1. The van der Waals surface area contributed by atoms with Crippen molar-refractivity contribution in [3.8, 4) is 0 Å². The highest BCUT2D eigenvalue weighted by atomic mass is 16.4. The van der Waals surface area contributed by atoms with Gasteiger partial charge in [0.2, 0.25) is 5.91 Å². The molecule has 0 bridgehead atoms. The zero-order chi connectivity index (χ0) is 14.9. The third-order valence-electron chi connectivity index (χ3n) is 4.31. The van der Waals surface area contributed by atoms with Crippen molar-refractivity contribution in [1.29, 1.82) is 0 Å². The van der Waals surface area contributed by atoms with Crippen LogP contribution in [0.2, 0.25) is 0 Å². The number of piperidine rings is 1. The van der Waals surface area contributed by atoms with Crippen molar-refractivity contribution in [2.24, 2.45) is 11.1 Å². The van der Waals surface area contributed by atoms with Gasteiger partial charge in [-0.15, -0.1) is 0 Å². The third-order valence-corrected chi connectivity index (χ3v) is 4.31. The number of hydrogen-bond donors (Lipinski definition) is 2. The average molecular weight is 283 g/mol. The topological polar surface area (TPSA) is 104 Å². The predicted molar refractivity (Wildman–Crippen MR) is 70.9 cm³/mol.